The smallest absolute Gasteiger partial charge is 0.267 e. The molecule has 0 saturated heterocycles. The summed E-state index contributed by atoms with van der Waals surface area (Å²) in [4.78, 5) is 17.4. The molecule has 108 valence electrons. The molecule has 0 saturated carbocycles. The number of benzene rings is 1. The molecule has 0 spiro atoms. The number of carbonyl (C=O) groups excluding carboxylic acids is 1. The number of anilines is 1. The molecule has 1 aromatic heterocycles. The predicted molar refractivity (Wildman–Crippen MR) is 82.8 cm³/mol. The number of nitrogens with one attached hydrogen (secondary N) is 2. The Morgan fingerprint density at radius 2 is 2.15 bits per heavy atom. The Morgan fingerprint density at radius 3 is 2.85 bits per heavy atom. The van der Waals surface area contributed by atoms with Crippen LogP contribution in [0.15, 0.2) is 24.3 Å². The second-order valence-electron chi connectivity index (χ2n) is 5.50. The number of hydrogen-bond donors (Lipinski definition) is 3. The monoisotopic (exact) mass is 274 g/mol. The average Bonchev–Trinajstić information content (AvgIpc) is 2.79. The summed E-state index contributed by atoms with van der Waals surface area (Å²) in [6, 6.07) is 7.54. The molecular weight excluding hydrogens is 252 g/mol. The number of carbonyl (C=O) groups is 1. The number of nitrogen functional groups attached to an aromatic ring is 1. The first kappa shape index (κ1) is 14.4. The minimum Gasteiger partial charge on any atom is -0.399 e. The van der Waals surface area contributed by atoms with Crippen molar-refractivity contribution >= 4 is 22.5 Å². The number of amides is 1. The normalized spacial score (nSPS) is 12.8. The van der Waals surface area contributed by atoms with E-state index in [1.807, 2.05) is 45.3 Å². The summed E-state index contributed by atoms with van der Waals surface area (Å²) >= 11 is 0. The first-order valence-electron chi connectivity index (χ1n) is 6.79. The molecule has 1 aromatic carbocycles. The predicted octanol–water partition coefficient (Wildman–Crippen LogP) is 1.82. The molecule has 4 N–H and O–H groups in total. The highest BCUT2D eigenvalue weighted by molar-refractivity contribution is 5.98. The fourth-order valence-corrected chi connectivity index (χ4v) is 2.10. The molecule has 20 heavy (non-hydrogen) atoms. The van der Waals surface area contributed by atoms with E-state index in [4.69, 9.17) is 5.73 Å². The molecular formula is C15H22N4O. The number of fused-ring (bicyclic) bond motifs is 1. The summed E-state index contributed by atoms with van der Waals surface area (Å²) < 4.78 is 0. The first-order valence-corrected chi connectivity index (χ1v) is 6.79. The van der Waals surface area contributed by atoms with Crippen molar-refractivity contribution in [2.45, 2.75) is 19.4 Å². The van der Waals surface area contributed by atoms with Gasteiger partial charge in [0.25, 0.3) is 5.91 Å². The first-order chi connectivity index (χ1) is 9.45. The summed E-state index contributed by atoms with van der Waals surface area (Å²) in [5.74, 6) is -0.0778. The Hall–Kier alpha value is -2.01. The fourth-order valence-electron chi connectivity index (χ4n) is 2.10. The third-order valence-corrected chi connectivity index (χ3v) is 3.28. The lowest BCUT2D eigenvalue weighted by atomic mass is 10.2. The van der Waals surface area contributed by atoms with Crippen LogP contribution in [0.2, 0.25) is 0 Å². The lowest BCUT2D eigenvalue weighted by Crippen LogP contribution is -2.34. The quantitative estimate of drug-likeness (QED) is 0.728. The van der Waals surface area contributed by atoms with E-state index < -0.39 is 0 Å². The Balaban J connectivity index is 2.03. The van der Waals surface area contributed by atoms with Gasteiger partial charge in [-0.15, -0.1) is 0 Å². The van der Waals surface area contributed by atoms with E-state index in [2.05, 4.69) is 15.2 Å². The molecule has 2 aromatic rings. The molecule has 0 aliphatic carbocycles. The number of aromatic amines is 1. The summed E-state index contributed by atoms with van der Waals surface area (Å²) in [6.07, 6.45) is 0.923. The number of nitrogens with zero attached hydrogens (tertiary/aromatic N) is 1. The number of hydrogen-bond acceptors (Lipinski definition) is 3. The van der Waals surface area contributed by atoms with Crippen LogP contribution in [-0.4, -0.2) is 42.5 Å². The second kappa shape index (κ2) is 5.96. The van der Waals surface area contributed by atoms with Gasteiger partial charge in [0.1, 0.15) is 5.69 Å². The zero-order valence-corrected chi connectivity index (χ0v) is 12.2. The van der Waals surface area contributed by atoms with E-state index in [9.17, 15) is 4.79 Å². The molecule has 5 heteroatoms. The van der Waals surface area contributed by atoms with Gasteiger partial charge in [0.15, 0.2) is 0 Å². The molecule has 0 fully saturated rings. The largest absolute Gasteiger partial charge is 0.399 e. The van der Waals surface area contributed by atoms with Crippen molar-refractivity contribution < 1.29 is 4.79 Å². The summed E-state index contributed by atoms with van der Waals surface area (Å²) in [5, 5.41) is 3.95. The van der Waals surface area contributed by atoms with E-state index in [-0.39, 0.29) is 11.9 Å². The molecule has 5 nitrogen and oxygen atoms in total. The van der Waals surface area contributed by atoms with E-state index in [1.165, 1.54) is 0 Å². The van der Waals surface area contributed by atoms with Crippen molar-refractivity contribution in [3.8, 4) is 0 Å². The molecule has 1 atom stereocenters. The Kier molecular flexibility index (Phi) is 4.29. The van der Waals surface area contributed by atoms with Crippen LogP contribution in [0.4, 0.5) is 5.69 Å². The van der Waals surface area contributed by atoms with Gasteiger partial charge in [0, 0.05) is 22.6 Å². The van der Waals surface area contributed by atoms with Crippen LogP contribution in [0.5, 0.6) is 0 Å². The van der Waals surface area contributed by atoms with Gasteiger partial charge in [-0.1, -0.05) is 0 Å². The summed E-state index contributed by atoms with van der Waals surface area (Å²) in [7, 11) is 4.05. The van der Waals surface area contributed by atoms with E-state index >= 15 is 0 Å². The maximum Gasteiger partial charge on any atom is 0.267 e. The minimum absolute atomic E-state index is 0.0778. The zero-order chi connectivity index (χ0) is 14.7. The van der Waals surface area contributed by atoms with Gasteiger partial charge >= 0.3 is 0 Å². The van der Waals surface area contributed by atoms with Crippen LogP contribution in [0.3, 0.4) is 0 Å². The SMILES string of the molecule is CC(CCN(C)C)NC(=O)c1cc2cc(N)ccc2[nH]1. The molecule has 1 unspecified atom stereocenters. The third-order valence-electron chi connectivity index (χ3n) is 3.28. The lowest BCUT2D eigenvalue weighted by Gasteiger charge is -2.16. The van der Waals surface area contributed by atoms with Gasteiger partial charge in [0.05, 0.1) is 0 Å². The molecule has 0 bridgehead atoms. The summed E-state index contributed by atoms with van der Waals surface area (Å²) in [6.45, 7) is 2.97. The molecule has 1 amide bonds. The standard InChI is InChI=1S/C15H22N4O/c1-10(6-7-19(2)3)17-15(20)14-9-11-8-12(16)4-5-13(11)18-14/h4-5,8-10,18H,6-7,16H2,1-3H3,(H,17,20). The Bertz CT molecular complexity index is 603. The number of rotatable bonds is 5. The van der Waals surface area contributed by atoms with Crippen molar-refractivity contribution in [1.29, 1.82) is 0 Å². The van der Waals surface area contributed by atoms with Crippen LogP contribution in [0.1, 0.15) is 23.8 Å². The van der Waals surface area contributed by atoms with Gasteiger partial charge in [-0.2, -0.15) is 0 Å². The lowest BCUT2D eigenvalue weighted by molar-refractivity contribution is 0.0932. The van der Waals surface area contributed by atoms with E-state index in [0.717, 1.165) is 23.9 Å². The van der Waals surface area contributed by atoms with Crippen LogP contribution < -0.4 is 11.1 Å². The molecule has 2 rings (SSSR count). The van der Waals surface area contributed by atoms with Gasteiger partial charge in [-0.25, -0.2) is 0 Å². The molecule has 1 heterocycles. The van der Waals surface area contributed by atoms with Gasteiger partial charge in [-0.3, -0.25) is 4.79 Å². The van der Waals surface area contributed by atoms with Crippen LogP contribution >= 0.6 is 0 Å². The highest BCUT2D eigenvalue weighted by Crippen LogP contribution is 2.18. The molecule has 0 radical (unpaired) electrons. The molecule has 0 aliphatic rings. The maximum absolute atomic E-state index is 12.2. The van der Waals surface area contributed by atoms with Crippen LogP contribution in [0, 0.1) is 0 Å². The maximum atomic E-state index is 12.2. The van der Waals surface area contributed by atoms with Crippen molar-refractivity contribution in [3.63, 3.8) is 0 Å². The van der Waals surface area contributed by atoms with Crippen molar-refractivity contribution in [1.82, 2.24) is 15.2 Å². The number of aromatic nitrogens is 1. The molecule has 0 aliphatic heterocycles. The van der Waals surface area contributed by atoms with Gasteiger partial charge in [-0.05, 0) is 58.3 Å². The van der Waals surface area contributed by atoms with Crippen molar-refractivity contribution in [2.24, 2.45) is 0 Å². The number of H-pyrrole nitrogens is 1. The van der Waals surface area contributed by atoms with Gasteiger partial charge in [0.2, 0.25) is 0 Å². The third kappa shape index (κ3) is 3.51. The number of nitrogens with two attached hydrogens (primary N) is 1. The van der Waals surface area contributed by atoms with E-state index in [1.54, 1.807) is 0 Å². The highest BCUT2D eigenvalue weighted by Gasteiger charge is 2.12. The fraction of sp³-hybridized carbons (Fsp3) is 0.400. The second-order valence-corrected chi connectivity index (χ2v) is 5.50. The van der Waals surface area contributed by atoms with Crippen molar-refractivity contribution in [2.75, 3.05) is 26.4 Å². The summed E-state index contributed by atoms with van der Waals surface area (Å²) in [5.41, 5.74) is 7.93. The Morgan fingerprint density at radius 1 is 1.40 bits per heavy atom. The minimum atomic E-state index is -0.0778. The Labute approximate surface area is 119 Å². The average molecular weight is 274 g/mol. The van der Waals surface area contributed by atoms with Crippen LogP contribution in [0.25, 0.3) is 10.9 Å². The van der Waals surface area contributed by atoms with Gasteiger partial charge < -0.3 is 20.9 Å². The zero-order valence-electron chi connectivity index (χ0n) is 12.2. The van der Waals surface area contributed by atoms with E-state index in [0.29, 0.717) is 11.4 Å². The van der Waals surface area contributed by atoms with Crippen molar-refractivity contribution in [3.05, 3.63) is 30.0 Å². The topological polar surface area (TPSA) is 74.2 Å². The highest BCUT2D eigenvalue weighted by atomic mass is 16.1. The van der Waals surface area contributed by atoms with Crippen LogP contribution in [-0.2, 0) is 0 Å².